The second-order valence-corrected chi connectivity index (χ2v) is 6.22. The molecule has 1 aliphatic carbocycles. The lowest BCUT2D eigenvalue weighted by atomic mass is 9.85. The van der Waals surface area contributed by atoms with E-state index in [4.69, 9.17) is 0 Å². The first-order valence-corrected chi connectivity index (χ1v) is 8.01. The maximum Gasteiger partial charge on any atom is 0.342 e. The molecule has 1 N–H and O–H groups in total. The molecule has 0 aliphatic heterocycles. The van der Waals surface area contributed by atoms with Gasteiger partial charge in [0, 0.05) is 12.1 Å². The molecule has 0 amide bonds. The fraction of sp³-hybridized carbons (Fsp3) is 0.294. The molecule has 128 valence electrons. The number of rotatable bonds is 4. The predicted molar refractivity (Wildman–Crippen MR) is 86.3 cm³/mol. The monoisotopic (exact) mass is 342 g/mol. The first-order valence-electron chi connectivity index (χ1n) is 8.01. The Morgan fingerprint density at radius 2 is 2.00 bits per heavy atom. The lowest BCUT2D eigenvalue weighted by Crippen LogP contribution is -2.26. The molecular weight excluding hydrogens is 327 g/mol. The Morgan fingerprint density at radius 3 is 2.60 bits per heavy atom. The number of nitrogens with zero attached hydrogens (tertiary/aromatic N) is 4. The SMILES string of the molecule is O=C(O)c1cn(Cc2ccc(F)cc2)c2nc(C3CCC3)nn2c1=O. The minimum absolute atomic E-state index is 0.215. The quantitative estimate of drug-likeness (QED) is 0.784. The Morgan fingerprint density at radius 1 is 1.28 bits per heavy atom. The van der Waals surface area contributed by atoms with Crippen LogP contribution in [0.5, 0.6) is 0 Å². The summed E-state index contributed by atoms with van der Waals surface area (Å²) in [5.41, 5.74) is -0.313. The van der Waals surface area contributed by atoms with Crippen LogP contribution < -0.4 is 5.56 Å². The molecule has 0 atom stereocenters. The minimum Gasteiger partial charge on any atom is -0.477 e. The van der Waals surface area contributed by atoms with E-state index in [-0.39, 0.29) is 23.8 Å². The molecule has 0 radical (unpaired) electrons. The molecule has 0 saturated heterocycles. The average Bonchev–Trinajstić information content (AvgIpc) is 2.95. The van der Waals surface area contributed by atoms with E-state index in [1.54, 1.807) is 16.7 Å². The smallest absolute Gasteiger partial charge is 0.342 e. The lowest BCUT2D eigenvalue weighted by Gasteiger charge is -2.21. The number of benzene rings is 1. The van der Waals surface area contributed by atoms with Crippen LogP contribution in [0, 0.1) is 5.82 Å². The van der Waals surface area contributed by atoms with Crippen molar-refractivity contribution in [2.24, 2.45) is 0 Å². The van der Waals surface area contributed by atoms with Crippen molar-refractivity contribution >= 4 is 11.7 Å². The Hall–Kier alpha value is -3.03. The van der Waals surface area contributed by atoms with Gasteiger partial charge in [0.2, 0.25) is 5.78 Å². The van der Waals surface area contributed by atoms with Crippen LogP contribution in [-0.2, 0) is 6.54 Å². The maximum atomic E-state index is 13.1. The van der Waals surface area contributed by atoms with Gasteiger partial charge in [0.1, 0.15) is 11.4 Å². The van der Waals surface area contributed by atoms with E-state index in [0.29, 0.717) is 11.6 Å². The number of hydrogen-bond acceptors (Lipinski definition) is 4. The molecule has 1 aromatic carbocycles. The lowest BCUT2D eigenvalue weighted by molar-refractivity contribution is 0.0693. The topological polar surface area (TPSA) is 89.5 Å². The van der Waals surface area contributed by atoms with Gasteiger partial charge in [0.15, 0.2) is 5.82 Å². The van der Waals surface area contributed by atoms with Crippen molar-refractivity contribution in [2.45, 2.75) is 31.7 Å². The Labute approximate surface area is 141 Å². The molecule has 0 bridgehead atoms. The highest BCUT2D eigenvalue weighted by Crippen LogP contribution is 2.34. The third-order valence-corrected chi connectivity index (χ3v) is 4.54. The van der Waals surface area contributed by atoms with Gasteiger partial charge in [-0.15, -0.1) is 5.10 Å². The molecule has 1 saturated carbocycles. The molecule has 3 aromatic rings. The number of hydrogen-bond donors (Lipinski definition) is 1. The van der Waals surface area contributed by atoms with Crippen LogP contribution in [0.1, 0.15) is 46.9 Å². The zero-order valence-electron chi connectivity index (χ0n) is 13.2. The largest absolute Gasteiger partial charge is 0.477 e. The van der Waals surface area contributed by atoms with Gasteiger partial charge in [0.05, 0.1) is 6.54 Å². The predicted octanol–water partition coefficient (Wildman–Crippen LogP) is 2.04. The van der Waals surface area contributed by atoms with Crippen LogP contribution in [0.25, 0.3) is 5.78 Å². The summed E-state index contributed by atoms with van der Waals surface area (Å²) in [7, 11) is 0. The molecule has 25 heavy (non-hydrogen) atoms. The second-order valence-electron chi connectivity index (χ2n) is 6.22. The summed E-state index contributed by atoms with van der Waals surface area (Å²) < 4.78 is 15.7. The summed E-state index contributed by atoms with van der Waals surface area (Å²) in [5.74, 6) is -0.595. The zero-order valence-corrected chi connectivity index (χ0v) is 13.2. The number of carboxylic acid groups (broad SMARTS) is 1. The van der Waals surface area contributed by atoms with E-state index in [1.165, 1.54) is 18.3 Å². The normalized spacial score (nSPS) is 14.6. The van der Waals surface area contributed by atoms with E-state index in [1.807, 2.05) is 0 Å². The van der Waals surface area contributed by atoms with Gasteiger partial charge in [-0.2, -0.15) is 9.50 Å². The third-order valence-electron chi connectivity index (χ3n) is 4.54. The number of aromatic carboxylic acids is 1. The van der Waals surface area contributed by atoms with E-state index in [2.05, 4.69) is 10.1 Å². The third kappa shape index (κ3) is 2.69. The summed E-state index contributed by atoms with van der Waals surface area (Å²) in [6.07, 6.45) is 4.30. The second kappa shape index (κ2) is 5.80. The molecule has 2 heterocycles. The molecule has 0 unspecified atom stereocenters. The van der Waals surface area contributed by atoms with Crippen molar-refractivity contribution in [1.82, 2.24) is 19.2 Å². The molecular formula is C17H15FN4O3. The minimum atomic E-state index is -1.32. The maximum absolute atomic E-state index is 13.1. The fourth-order valence-electron chi connectivity index (χ4n) is 2.91. The molecule has 1 aliphatic rings. The molecule has 0 spiro atoms. The summed E-state index contributed by atoms with van der Waals surface area (Å²) in [6.45, 7) is 0.257. The Bertz CT molecular complexity index is 1020. The van der Waals surface area contributed by atoms with Gasteiger partial charge in [-0.25, -0.2) is 9.18 Å². The number of aromatic nitrogens is 4. The van der Waals surface area contributed by atoms with Crippen LogP contribution >= 0.6 is 0 Å². The van der Waals surface area contributed by atoms with Crippen molar-refractivity contribution in [3.63, 3.8) is 0 Å². The average molecular weight is 342 g/mol. The fourth-order valence-corrected chi connectivity index (χ4v) is 2.91. The van der Waals surface area contributed by atoms with Crippen LogP contribution in [0.2, 0.25) is 0 Å². The standard InChI is InChI=1S/C17H15FN4O3/c18-12-6-4-10(5-7-12)8-21-9-13(16(24)25)15(23)22-17(21)19-14(20-22)11-2-1-3-11/h4-7,9,11H,1-3,8H2,(H,24,25). The van der Waals surface area contributed by atoms with Gasteiger partial charge in [0.25, 0.3) is 5.56 Å². The molecule has 1 fully saturated rings. The number of fused-ring (bicyclic) bond motifs is 1. The van der Waals surface area contributed by atoms with Gasteiger partial charge in [-0.3, -0.25) is 4.79 Å². The van der Waals surface area contributed by atoms with E-state index >= 15 is 0 Å². The van der Waals surface area contributed by atoms with Crippen molar-refractivity contribution in [3.8, 4) is 0 Å². The number of carbonyl (C=O) groups is 1. The van der Waals surface area contributed by atoms with Crippen molar-refractivity contribution in [3.05, 3.63) is 63.6 Å². The molecule has 4 rings (SSSR count). The van der Waals surface area contributed by atoms with Crippen LogP contribution in [0.3, 0.4) is 0 Å². The van der Waals surface area contributed by atoms with Crippen molar-refractivity contribution < 1.29 is 14.3 Å². The first kappa shape index (κ1) is 15.5. The summed E-state index contributed by atoms with van der Waals surface area (Å²) in [5, 5.41) is 13.5. The van der Waals surface area contributed by atoms with Crippen molar-refractivity contribution in [2.75, 3.05) is 0 Å². The molecule has 8 heteroatoms. The Kier molecular flexibility index (Phi) is 3.60. The van der Waals surface area contributed by atoms with E-state index in [9.17, 15) is 19.1 Å². The van der Waals surface area contributed by atoms with Gasteiger partial charge in [-0.1, -0.05) is 18.6 Å². The highest BCUT2D eigenvalue weighted by Gasteiger charge is 2.26. The first-order chi connectivity index (χ1) is 12.0. The molecule has 7 nitrogen and oxygen atoms in total. The van der Waals surface area contributed by atoms with Gasteiger partial charge < -0.3 is 9.67 Å². The van der Waals surface area contributed by atoms with Gasteiger partial charge in [-0.05, 0) is 30.5 Å². The van der Waals surface area contributed by atoms with Crippen LogP contribution in [0.15, 0.2) is 35.3 Å². The number of halogens is 1. The van der Waals surface area contributed by atoms with Crippen LogP contribution in [0.4, 0.5) is 4.39 Å². The zero-order chi connectivity index (χ0) is 17.6. The van der Waals surface area contributed by atoms with E-state index < -0.39 is 11.5 Å². The summed E-state index contributed by atoms with van der Waals surface area (Å²) >= 11 is 0. The van der Waals surface area contributed by atoms with Crippen LogP contribution in [-0.4, -0.2) is 30.2 Å². The highest BCUT2D eigenvalue weighted by atomic mass is 19.1. The van der Waals surface area contributed by atoms with Crippen molar-refractivity contribution in [1.29, 1.82) is 0 Å². The molecule has 2 aromatic heterocycles. The number of carboxylic acids is 1. The van der Waals surface area contributed by atoms with Gasteiger partial charge >= 0.3 is 5.97 Å². The van der Waals surface area contributed by atoms with E-state index in [0.717, 1.165) is 29.3 Å². The summed E-state index contributed by atoms with van der Waals surface area (Å²) in [4.78, 5) is 28.2. The Balaban J connectivity index is 1.86. The summed E-state index contributed by atoms with van der Waals surface area (Å²) in [6, 6.07) is 5.87. The highest BCUT2D eigenvalue weighted by molar-refractivity contribution is 5.87.